The van der Waals surface area contributed by atoms with E-state index < -0.39 is 20.2 Å². The Labute approximate surface area is 78.7 Å². The van der Waals surface area contributed by atoms with Crippen molar-refractivity contribution in [3.8, 4) is 0 Å². The summed E-state index contributed by atoms with van der Waals surface area (Å²) in [6.07, 6.45) is -0.165. The van der Waals surface area contributed by atoms with Gasteiger partial charge in [0, 0.05) is 7.11 Å². The van der Waals surface area contributed by atoms with Gasteiger partial charge < -0.3 is 9.26 Å². The van der Waals surface area contributed by atoms with E-state index in [2.05, 4.69) is 9.61 Å². The summed E-state index contributed by atoms with van der Waals surface area (Å²) in [5.41, 5.74) is 0. The van der Waals surface area contributed by atoms with Crippen molar-refractivity contribution < 1.29 is 18.6 Å². The highest BCUT2D eigenvalue weighted by Gasteiger charge is 2.16. The summed E-state index contributed by atoms with van der Waals surface area (Å²) >= 11 is 0. The number of rotatable bonds is 5. The monoisotopic (exact) mass is 209 g/mol. The van der Waals surface area contributed by atoms with Crippen LogP contribution in [0.1, 0.15) is 20.8 Å². The fourth-order valence-corrected chi connectivity index (χ4v) is 1.22. The largest absolute Gasteiger partial charge is 0.462 e. The number of hydrogen-bond acceptors (Lipinski definition) is 4. The van der Waals surface area contributed by atoms with Crippen molar-refractivity contribution in [1.82, 2.24) is 5.09 Å². The Morgan fingerprint density at radius 3 is 2.31 bits per heavy atom. The molecule has 0 amide bonds. The number of carbonyl (C=O) groups excluding carboxylic acids is 1. The zero-order valence-electron chi connectivity index (χ0n) is 8.29. The molecule has 5 nitrogen and oxygen atoms in total. The number of ether oxygens (including phenoxy) is 1. The van der Waals surface area contributed by atoms with Gasteiger partial charge in [-0.15, -0.1) is 0 Å². The van der Waals surface area contributed by atoms with Gasteiger partial charge in [0.1, 0.15) is 6.04 Å². The quantitative estimate of drug-likeness (QED) is 0.539. The molecule has 0 fully saturated rings. The second kappa shape index (κ2) is 6.13. The van der Waals surface area contributed by atoms with Crippen LogP contribution in [0.25, 0.3) is 0 Å². The third kappa shape index (κ3) is 5.80. The molecule has 0 aromatic carbocycles. The molecule has 6 heteroatoms. The lowest BCUT2D eigenvalue weighted by atomic mass is 10.4. The van der Waals surface area contributed by atoms with Crippen LogP contribution in [0.2, 0.25) is 0 Å². The van der Waals surface area contributed by atoms with Gasteiger partial charge in [-0.1, -0.05) is 0 Å². The number of esters is 1. The van der Waals surface area contributed by atoms with Crippen molar-refractivity contribution in [2.75, 3.05) is 7.11 Å². The molecule has 2 atom stereocenters. The van der Waals surface area contributed by atoms with Crippen LogP contribution in [-0.4, -0.2) is 25.2 Å². The van der Waals surface area contributed by atoms with E-state index in [0.717, 1.165) is 0 Å². The fourth-order valence-electron chi connectivity index (χ4n) is 0.629. The lowest BCUT2D eigenvalue weighted by Gasteiger charge is -2.14. The minimum atomic E-state index is -2.31. The average Bonchev–Trinajstić information content (AvgIpc) is 2.02. The van der Waals surface area contributed by atoms with Crippen LogP contribution in [-0.2, 0) is 18.6 Å². The maximum Gasteiger partial charge on any atom is 0.323 e. The van der Waals surface area contributed by atoms with Crippen LogP contribution >= 0.6 is 8.18 Å². The smallest absolute Gasteiger partial charge is 0.323 e. The third-order valence-electron chi connectivity index (χ3n) is 1.23. The molecule has 13 heavy (non-hydrogen) atoms. The van der Waals surface area contributed by atoms with Crippen molar-refractivity contribution in [3.05, 3.63) is 0 Å². The summed E-state index contributed by atoms with van der Waals surface area (Å²) in [7, 11) is -0.994. The lowest BCUT2D eigenvalue weighted by Crippen LogP contribution is -2.32. The molecule has 0 aromatic rings. The first-order chi connectivity index (χ1) is 5.97. The Bertz CT molecular complexity index is 195. The van der Waals surface area contributed by atoms with Crippen LogP contribution in [0.3, 0.4) is 0 Å². The van der Waals surface area contributed by atoms with Crippen LogP contribution in [0.4, 0.5) is 0 Å². The Kier molecular flexibility index (Phi) is 5.95. The molecule has 0 saturated carbocycles. The normalized spacial score (nSPS) is 15.5. The second-order valence-corrected chi connectivity index (χ2v) is 4.12. The van der Waals surface area contributed by atoms with Crippen molar-refractivity contribution >= 4 is 14.1 Å². The van der Waals surface area contributed by atoms with Gasteiger partial charge in [-0.25, -0.2) is 5.09 Å². The summed E-state index contributed by atoms with van der Waals surface area (Å²) in [5, 5.41) is 2.48. The highest BCUT2D eigenvalue weighted by Crippen LogP contribution is 2.15. The van der Waals surface area contributed by atoms with E-state index in [-0.39, 0.29) is 6.10 Å². The molecule has 0 heterocycles. The molecule has 0 bridgehead atoms. The maximum atomic E-state index is 11.1. The van der Waals surface area contributed by atoms with Crippen molar-refractivity contribution in [3.63, 3.8) is 0 Å². The Morgan fingerprint density at radius 1 is 1.38 bits per heavy atom. The summed E-state index contributed by atoms with van der Waals surface area (Å²) in [4.78, 5) is 11.1. The minimum absolute atomic E-state index is 0.165. The molecule has 0 aliphatic rings. The van der Waals surface area contributed by atoms with Gasteiger partial charge in [0.15, 0.2) is 0 Å². The summed E-state index contributed by atoms with van der Waals surface area (Å²) in [5.74, 6) is -0.426. The molecule has 0 saturated heterocycles. The molecule has 1 N–H and O–H groups in total. The SMILES string of the molecule is CO[PH](=O)N[C@@H](C)C(=O)OC(C)C. The molecule has 0 aromatic heterocycles. The number of hydrogen-bond donors (Lipinski definition) is 1. The van der Waals surface area contributed by atoms with Crippen LogP contribution in [0.5, 0.6) is 0 Å². The van der Waals surface area contributed by atoms with E-state index >= 15 is 0 Å². The molecular formula is C7H16NO4P. The molecule has 0 radical (unpaired) electrons. The third-order valence-corrected chi connectivity index (χ3v) is 2.26. The molecule has 78 valence electrons. The van der Waals surface area contributed by atoms with E-state index in [1.807, 2.05) is 0 Å². The second-order valence-electron chi connectivity index (χ2n) is 2.84. The van der Waals surface area contributed by atoms with Gasteiger partial charge >= 0.3 is 5.97 Å². The van der Waals surface area contributed by atoms with Gasteiger partial charge in [-0.05, 0) is 20.8 Å². The van der Waals surface area contributed by atoms with E-state index in [4.69, 9.17) is 4.74 Å². The zero-order chi connectivity index (χ0) is 10.4. The first kappa shape index (κ1) is 12.6. The molecule has 0 aliphatic carbocycles. The molecular weight excluding hydrogens is 193 g/mol. The minimum Gasteiger partial charge on any atom is -0.462 e. The van der Waals surface area contributed by atoms with E-state index in [1.165, 1.54) is 7.11 Å². The van der Waals surface area contributed by atoms with Crippen molar-refractivity contribution in [1.29, 1.82) is 0 Å². The summed E-state index contributed by atoms with van der Waals surface area (Å²) < 4.78 is 20.2. The molecule has 0 spiro atoms. The first-order valence-electron chi connectivity index (χ1n) is 4.02. The maximum absolute atomic E-state index is 11.1. The Balaban J connectivity index is 3.89. The fraction of sp³-hybridized carbons (Fsp3) is 0.857. The van der Waals surface area contributed by atoms with Gasteiger partial charge in [0.25, 0.3) is 8.18 Å². The molecule has 0 aliphatic heterocycles. The van der Waals surface area contributed by atoms with Crippen LogP contribution < -0.4 is 5.09 Å². The predicted molar refractivity (Wildman–Crippen MR) is 49.8 cm³/mol. The van der Waals surface area contributed by atoms with E-state index in [0.29, 0.717) is 0 Å². The Hall–Kier alpha value is -0.380. The van der Waals surface area contributed by atoms with Gasteiger partial charge in [0.05, 0.1) is 6.10 Å². The van der Waals surface area contributed by atoms with E-state index in [9.17, 15) is 9.36 Å². The van der Waals surface area contributed by atoms with Crippen LogP contribution in [0.15, 0.2) is 0 Å². The highest BCUT2D eigenvalue weighted by molar-refractivity contribution is 7.36. The highest BCUT2D eigenvalue weighted by atomic mass is 31.1. The van der Waals surface area contributed by atoms with Crippen molar-refractivity contribution in [2.24, 2.45) is 0 Å². The lowest BCUT2D eigenvalue weighted by molar-refractivity contribution is -0.148. The van der Waals surface area contributed by atoms with Gasteiger partial charge in [0.2, 0.25) is 0 Å². The number of carbonyl (C=O) groups is 1. The molecule has 1 unspecified atom stereocenters. The summed E-state index contributed by atoms with van der Waals surface area (Å²) in [6.45, 7) is 5.08. The summed E-state index contributed by atoms with van der Waals surface area (Å²) in [6, 6.07) is -0.603. The zero-order valence-corrected chi connectivity index (χ0v) is 9.29. The Morgan fingerprint density at radius 2 is 1.92 bits per heavy atom. The van der Waals surface area contributed by atoms with Crippen LogP contribution in [0, 0.1) is 0 Å². The average molecular weight is 209 g/mol. The van der Waals surface area contributed by atoms with Gasteiger partial charge in [-0.2, -0.15) is 0 Å². The van der Waals surface area contributed by atoms with Gasteiger partial charge in [-0.3, -0.25) is 9.36 Å². The first-order valence-corrected chi connectivity index (χ1v) is 5.34. The van der Waals surface area contributed by atoms with Crippen molar-refractivity contribution in [2.45, 2.75) is 32.9 Å². The topological polar surface area (TPSA) is 64.6 Å². The standard InChI is InChI=1S/C7H16NO4P/c1-5(2)12-7(9)6(3)8-13(10)11-4/h5-6,13H,1-4H3,(H,8,10)/t6-/m0/s1. The number of nitrogens with one attached hydrogen (secondary N) is 1. The van der Waals surface area contributed by atoms with E-state index in [1.54, 1.807) is 20.8 Å². The predicted octanol–water partition coefficient (Wildman–Crippen LogP) is 0.952. The molecule has 0 rings (SSSR count).